The van der Waals surface area contributed by atoms with Crippen molar-refractivity contribution in [3.05, 3.63) is 22.7 Å². The lowest BCUT2D eigenvalue weighted by Gasteiger charge is -2.13. The molecule has 1 aliphatic rings. The summed E-state index contributed by atoms with van der Waals surface area (Å²) < 4.78 is 1.70. The summed E-state index contributed by atoms with van der Waals surface area (Å²) in [6.45, 7) is 7.06. The highest BCUT2D eigenvalue weighted by molar-refractivity contribution is 5.31. The quantitative estimate of drug-likeness (QED) is 0.846. The summed E-state index contributed by atoms with van der Waals surface area (Å²) >= 11 is 0. The van der Waals surface area contributed by atoms with Crippen LogP contribution in [-0.2, 0) is 0 Å². The monoisotopic (exact) mass is 221 g/mol. The molecule has 0 aliphatic heterocycles. The van der Waals surface area contributed by atoms with Crippen molar-refractivity contribution < 1.29 is 0 Å². The molecule has 0 saturated heterocycles. The Labute approximate surface area is 95.7 Å². The first-order valence-corrected chi connectivity index (χ1v) is 5.83. The van der Waals surface area contributed by atoms with Gasteiger partial charge < -0.3 is 9.88 Å². The van der Waals surface area contributed by atoms with Gasteiger partial charge in [0.2, 0.25) is 0 Å². The largest absolute Gasteiger partial charge is 0.365 e. The summed E-state index contributed by atoms with van der Waals surface area (Å²) in [4.78, 5) is 16.1. The molecule has 4 nitrogen and oxygen atoms in total. The molecular weight excluding hydrogens is 202 g/mol. The van der Waals surface area contributed by atoms with Crippen molar-refractivity contribution in [1.29, 1.82) is 0 Å². The van der Waals surface area contributed by atoms with E-state index in [9.17, 15) is 4.79 Å². The first kappa shape index (κ1) is 11.2. The molecule has 0 unspecified atom stereocenters. The van der Waals surface area contributed by atoms with Crippen LogP contribution in [0.25, 0.3) is 0 Å². The minimum atomic E-state index is -0.0262. The molecule has 1 heterocycles. The van der Waals surface area contributed by atoms with Crippen LogP contribution in [0.1, 0.15) is 39.7 Å². The molecular formula is C12H19N3O. The molecule has 1 aromatic heterocycles. The Morgan fingerprint density at radius 2 is 2.25 bits per heavy atom. The van der Waals surface area contributed by atoms with Crippen LogP contribution in [0.5, 0.6) is 0 Å². The average Bonchev–Trinajstić information content (AvgIpc) is 2.95. The van der Waals surface area contributed by atoms with E-state index in [0.29, 0.717) is 11.2 Å². The van der Waals surface area contributed by atoms with Gasteiger partial charge in [-0.2, -0.15) is 0 Å². The smallest absolute Gasteiger partial charge is 0.293 e. The molecule has 4 heteroatoms. The first-order chi connectivity index (χ1) is 7.52. The maximum absolute atomic E-state index is 12.0. The molecule has 0 atom stereocenters. The number of nitrogens with one attached hydrogen (secondary N) is 1. The number of anilines is 1. The van der Waals surface area contributed by atoms with Crippen LogP contribution in [-0.4, -0.2) is 16.1 Å². The van der Waals surface area contributed by atoms with Crippen LogP contribution < -0.4 is 10.9 Å². The van der Waals surface area contributed by atoms with E-state index in [1.807, 2.05) is 13.8 Å². The van der Waals surface area contributed by atoms with E-state index in [-0.39, 0.29) is 11.6 Å². The Morgan fingerprint density at radius 3 is 2.81 bits per heavy atom. The van der Waals surface area contributed by atoms with Crippen LogP contribution in [0.3, 0.4) is 0 Å². The van der Waals surface area contributed by atoms with Crippen LogP contribution in [0.2, 0.25) is 0 Å². The van der Waals surface area contributed by atoms with Crippen molar-refractivity contribution in [2.75, 3.05) is 11.9 Å². The second kappa shape index (κ2) is 3.92. The summed E-state index contributed by atoms with van der Waals surface area (Å²) in [6, 6.07) is 0.174. The molecule has 1 saturated carbocycles. The zero-order valence-electron chi connectivity index (χ0n) is 10.2. The Kier molecular flexibility index (Phi) is 2.74. The van der Waals surface area contributed by atoms with Gasteiger partial charge in [0.1, 0.15) is 0 Å². The molecule has 0 spiro atoms. The number of hydrogen-bond donors (Lipinski definition) is 1. The highest BCUT2D eigenvalue weighted by atomic mass is 16.1. The summed E-state index contributed by atoms with van der Waals surface area (Å²) in [7, 11) is 0. The number of aromatic nitrogens is 2. The molecule has 1 N–H and O–H groups in total. The molecule has 16 heavy (non-hydrogen) atoms. The Morgan fingerprint density at radius 1 is 1.56 bits per heavy atom. The fraction of sp³-hybridized carbons (Fsp3) is 0.667. The SMILES string of the molecule is CC(C)n1ccnc(NCC2(C)CC2)c1=O. The van der Waals surface area contributed by atoms with Crippen LogP contribution >= 0.6 is 0 Å². The zero-order valence-corrected chi connectivity index (χ0v) is 10.2. The second-order valence-electron chi connectivity index (χ2n) is 5.25. The van der Waals surface area contributed by atoms with Gasteiger partial charge in [-0.1, -0.05) is 6.92 Å². The van der Waals surface area contributed by atoms with Gasteiger partial charge in [-0.05, 0) is 32.1 Å². The van der Waals surface area contributed by atoms with Crippen molar-refractivity contribution in [2.24, 2.45) is 5.41 Å². The molecule has 0 radical (unpaired) electrons. The normalized spacial score (nSPS) is 17.5. The molecule has 0 aromatic carbocycles. The van der Waals surface area contributed by atoms with E-state index in [1.165, 1.54) is 12.8 Å². The Bertz CT molecular complexity index is 432. The molecule has 1 aliphatic carbocycles. The van der Waals surface area contributed by atoms with Crippen LogP contribution in [0.15, 0.2) is 17.2 Å². The van der Waals surface area contributed by atoms with Crippen LogP contribution in [0.4, 0.5) is 5.82 Å². The third-order valence-electron chi connectivity index (χ3n) is 3.21. The summed E-state index contributed by atoms with van der Waals surface area (Å²) in [5.41, 5.74) is 0.355. The lowest BCUT2D eigenvalue weighted by atomic mass is 10.1. The fourth-order valence-electron chi connectivity index (χ4n) is 1.64. The van der Waals surface area contributed by atoms with Crippen molar-refractivity contribution in [3.8, 4) is 0 Å². The van der Waals surface area contributed by atoms with E-state index in [1.54, 1.807) is 17.0 Å². The predicted octanol–water partition coefficient (Wildman–Crippen LogP) is 2.04. The topological polar surface area (TPSA) is 46.9 Å². The fourth-order valence-corrected chi connectivity index (χ4v) is 1.64. The van der Waals surface area contributed by atoms with Gasteiger partial charge in [0.05, 0.1) is 0 Å². The minimum absolute atomic E-state index is 0.0262. The van der Waals surface area contributed by atoms with E-state index in [2.05, 4.69) is 17.2 Å². The van der Waals surface area contributed by atoms with Gasteiger partial charge in [0.25, 0.3) is 5.56 Å². The van der Waals surface area contributed by atoms with Gasteiger partial charge in [-0.15, -0.1) is 0 Å². The zero-order chi connectivity index (χ0) is 11.8. The molecule has 88 valence electrons. The molecule has 1 fully saturated rings. The standard InChI is InChI=1S/C12H19N3O/c1-9(2)15-7-6-13-10(11(15)16)14-8-12(3)4-5-12/h6-7,9H,4-5,8H2,1-3H3,(H,13,14). The summed E-state index contributed by atoms with van der Waals surface area (Å²) in [5.74, 6) is 0.476. The lowest BCUT2D eigenvalue weighted by molar-refractivity contribution is 0.570. The number of hydrogen-bond acceptors (Lipinski definition) is 3. The van der Waals surface area contributed by atoms with Gasteiger partial charge in [0.15, 0.2) is 5.82 Å². The molecule has 0 bridgehead atoms. The summed E-state index contributed by atoms with van der Waals surface area (Å²) in [6.07, 6.45) is 5.90. The predicted molar refractivity (Wildman–Crippen MR) is 64.7 cm³/mol. The number of rotatable bonds is 4. The summed E-state index contributed by atoms with van der Waals surface area (Å²) in [5, 5.41) is 3.17. The van der Waals surface area contributed by atoms with E-state index < -0.39 is 0 Å². The highest BCUT2D eigenvalue weighted by Crippen LogP contribution is 2.44. The molecule has 0 amide bonds. The van der Waals surface area contributed by atoms with Crippen molar-refractivity contribution in [2.45, 2.75) is 39.7 Å². The first-order valence-electron chi connectivity index (χ1n) is 5.83. The Balaban J connectivity index is 2.14. The van der Waals surface area contributed by atoms with Gasteiger partial charge in [-0.3, -0.25) is 4.79 Å². The van der Waals surface area contributed by atoms with Crippen LogP contribution in [0, 0.1) is 5.41 Å². The maximum Gasteiger partial charge on any atom is 0.293 e. The molecule has 2 rings (SSSR count). The van der Waals surface area contributed by atoms with E-state index in [4.69, 9.17) is 0 Å². The second-order valence-corrected chi connectivity index (χ2v) is 5.25. The van der Waals surface area contributed by atoms with Gasteiger partial charge in [-0.25, -0.2) is 4.98 Å². The lowest BCUT2D eigenvalue weighted by Crippen LogP contribution is -2.27. The minimum Gasteiger partial charge on any atom is -0.365 e. The van der Waals surface area contributed by atoms with Gasteiger partial charge in [0, 0.05) is 25.0 Å². The van der Waals surface area contributed by atoms with Crippen molar-refractivity contribution in [3.63, 3.8) is 0 Å². The Hall–Kier alpha value is -1.32. The van der Waals surface area contributed by atoms with E-state index >= 15 is 0 Å². The maximum atomic E-state index is 12.0. The molecule has 1 aromatic rings. The van der Waals surface area contributed by atoms with Crippen molar-refractivity contribution >= 4 is 5.82 Å². The highest BCUT2D eigenvalue weighted by Gasteiger charge is 2.37. The third-order valence-corrected chi connectivity index (χ3v) is 3.21. The van der Waals surface area contributed by atoms with Gasteiger partial charge >= 0.3 is 0 Å². The van der Waals surface area contributed by atoms with E-state index in [0.717, 1.165) is 6.54 Å². The third kappa shape index (κ3) is 2.26. The number of nitrogens with zero attached hydrogens (tertiary/aromatic N) is 2. The average molecular weight is 221 g/mol. The van der Waals surface area contributed by atoms with Crippen molar-refractivity contribution in [1.82, 2.24) is 9.55 Å².